The van der Waals surface area contributed by atoms with Crippen LogP contribution in [0.25, 0.3) is 0 Å². The van der Waals surface area contributed by atoms with E-state index in [2.05, 4.69) is 10.3 Å². The van der Waals surface area contributed by atoms with Gasteiger partial charge in [-0.3, -0.25) is 4.79 Å². The number of carbonyl (C=O) groups excluding carboxylic acids is 1. The summed E-state index contributed by atoms with van der Waals surface area (Å²) in [6.07, 6.45) is 2.62. The van der Waals surface area contributed by atoms with Gasteiger partial charge in [0.05, 0.1) is 0 Å². The third-order valence-electron chi connectivity index (χ3n) is 1.16. The molecule has 1 heterocycles. The number of carbonyl (C=O) groups is 1. The molecule has 0 unspecified atom stereocenters. The van der Waals surface area contributed by atoms with Gasteiger partial charge in [0.2, 0.25) is 6.41 Å². The molecule has 0 spiro atoms. The van der Waals surface area contributed by atoms with Crippen molar-refractivity contribution in [1.82, 2.24) is 4.98 Å². The van der Waals surface area contributed by atoms with Crippen molar-refractivity contribution in [2.45, 2.75) is 13.3 Å². The van der Waals surface area contributed by atoms with E-state index >= 15 is 0 Å². The van der Waals surface area contributed by atoms with Crippen molar-refractivity contribution in [3.05, 3.63) is 12.2 Å². The highest BCUT2D eigenvalue weighted by Gasteiger charge is 2.02. The Morgan fingerprint density at radius 3 is 3.30 bits per heavy atom. The van der Waals surface area contributed by atoms with Gasteiger partial charge in [-0.2, -0.15) is 4.98 Å². The first-order valence-electron chi connectivity index (χ1n) is 3.01. The summed E-state index contributed by atoms with van der Waals surface area (Å²) in [7, 11) is 0. The highest BCUT2D eigenvalue weighted by atomic mass is 16.3. The lowest BCUT2D eigenvalue weighted by Crippen LogP contribution is -1.96. The quantitative estimate of drug-likeness (QED) is 0.632. The van der Waals surface area contributed by atoms with E-state index in [0.29, 0.717) is 18.0 Å². The van der Waals surface area contributed by atoms with Crippen molar-refractivity contribution < 1.29 is 9.21 Å². The van der Waals surface area contributed by atoms with E-state index in [-0.39, 0.29) is 0 Å². The Morgan fingerprint density at radius 1 is 1.90 bits per heavy atom. The van der Waals surface area contributed by atoms with Gasteiger partial charge in [0.15, 0.2) is 12.2 Å². The molecule has 0 saturated carbocycles. The van der Waals surface area contributed by atoms with Crippen LogP contribution in [0.3, 0.4) is 0 Å². The molecule has 1 aromatic rings. The summed E-state index contributed by atoms with van der Waals surface area (Å²) < 4.78 is 4.93. The molecule has 0 aliphatic rings. The van der Waals surface area contributed by atoms with E-state index in [4.69, 9.17) is 4.42 Å². The fourth-order valence-corrected chi connectivity index (χ4v) is 0.695. The van der Waals surface area contributed by atoms with Crippen LogP contribution in [0.4, 0.5) is 5.82 Å². The predicted octanol–water partition coefficient (Wildman–Crippen LogP) is 0.805. The number of nitrogens with one attached hydrogen (secondary N) is 1. The van der Waals surface area contributed by atoms with Crippen LogP contribution in [-0.2, 0) is 11.2 Å². The third-order valence-corrected chi connectivity index (χ3v) is 1.16. The highest BCUT2D eigenvalue weighted by molar-refractivity contribution is 5.69. The molecule has 0 fully saturated rings. The zero-order chi connectivity index (χ0) is 7.40. The summed E-state index contributed by atoms with van der Waals surface area (Å²) in [5.74, 6) is 1.21. The first kappa shape index (κ1) is 6.80. The Bertz CT molecular complexity index is 219. The first-order chi connectivity index (χ1) is 4.88. The summed E-state index contributed by atoms with van der Waals surface area (Å²) in [6.45, 7) is 1.93. The monoisotopic (exact) mass is 140 g/mol. The maximum atomic E-state index is 9.95. The Balaban J connectivity index is 2.79. The molecule has 0 saturated heterocycles. The molecule has 0 aliphatic carbocycles. The molecule has 1 aromatic heterocycles. The summed E-state index contributed by atoms with van der Waals surface area (Å²) in [6, 6.07) is 0. The topological polar surface area (TPSA) is 55.1 Å². The number of oxazole rings is 1. The molecule has 1 amide bonds. The molecule has 0 aliphatic heterocycles. The van der Waals surface area contributed by atoms with Crippen LogP contribution in [-0.4, -0.2) is 11.4 Å². The third kappa shape index (κ3) is 1.15. The summed E-state index contributed by atoms with van der Waals surface area (Å²) >= 11 is 0. The maximum absolute atomic E-state index is 9.95. The number of hydrogen-bond donors (Lipinski definition) is 1. The SMILES string of the molecule is CCc1ocnc1NC=O. The largest absolute Gasteiger partial charge is 0.446 e. The van der Waals surface area contributed by atoms with Gasteiger partial charge in [0, 0.05) is 6.42 Å². The fraction of sp³-hybridized carbons (Fsp3) is 0.333. The Kier molecular flexibility index (Phi) is 2.04. The number of rotatable bonds is 3. The molecule has 0 atom stereocenters. The van der Waals surface area contributed by atoms with Crippen molar-refractivity contribution in [1.29, 1.82) is 0 Å². The van der Waals surface area contributed by atoms with E-state index < -0.39 is 0 Å². The zero-order valence-corrected chi connectivity index (χ0v) is 5.63. The zero-order valence-electron chi connectivity index (χ0n) is 5.63. The predicted molar refractivity (Wildman–Crippen MR) is 35.6 cm³/mol. The molecule has 1 N–H and O–H groups in total. The van der Waals surface area contributed by atoms with E-state index in [1.807, 2.05) is 6.92 Å². The molecule has 0 bridgehead atoms. The summed E-state index contributed by atoms with van der Waals surface area (Å²) in [5, 5.41) is 2.42. The van der Waals surface area contributed by atoms with Gasteiger partial charge in [0.25, 0.3) is 0 Å². The van der Waals surface area contributed by atoms with Gasteiger partial charge < -0.3 is 9.73 Å². The standard InChI is InChI=1S/C6H8N2O2/c1-2-5-6(7-3-9)8-4-10-5/h3-4H,2H2,1H3,(H,7,9). The van der Waals surface area contributed by atoms with E-state index in [0.717, 1.165) is 6.42 Å². The molecule has 4 heteroatoms. The molecule has 54 valence electrons. The number of hydrogen-bond acceptors (Lipinski definition) is 3. The second kappa shape index (κ2) is 3.00. The summed E-state index contributed by atoms with van der Waals surface area (Å²) in [5.41, 5.74) is 0. The van der Waals surface area contributed by atoms with E-state index in [1.165, 1.54) is 6.39 Å². The molecule has 0 aromatic carbocycles. The van der Waals surface area contributed by atoms with Gasteiger partial charge in [-0.25, -0.2) is 0 Å². The van der Waals surface area contributed by atoms with Crippen LogP contribution in [0.15, 0.2) is 10.8 Å². The molecule has 4 nitrogen and oxygen atoms in total. The molecule has 0 radical (unpaired) electrons. The van der Waals surface area contributed by atoms with Gasteiger partial charge in [-0.05, 0) is 0 Å². The van der Waals surface area contributed by atoms with Crippen LogP contribution in [0.2, 0.25) is 0 Å². The van der Waals surface area contributed by atoms with Gasteiger partial charge in [-0.1, -0.05) is 6.92 Å². The van der Waals surface area contributed by atoms with Crippen molar-refractivity contribution in [2.24, 2.45) is 0 Å². The number of aromatic nitrogens is 1. The van der Waals surface area contributed by atoms with E-state index in [9.17, 15) is 4.79 Å². The minimum atomic E-state index is 0.512. The smallest absolute Gasteiger partial charge is 0.212 e. The normalized spacial score (nSPS) is 9.30. The molecule has 10 heavy (non-hydrogen) atoms. The average Bonchev–Trinajstić information content (AvgIpc) is 2.36. The average molecular weight is 140 g/mol. The number of aryl methyl sites for hydroxylation is 1. The van der Waals surface area contributed by atoms with Crippen LogP contribution in [0, 0.1) is 0 Å². The van der Waals surface area contributed by atoms with Crippen LogP contribution < -0.4 is 5.32 Å². The van der Waals surface area contributed by atoms with Crippen LogP contribution in [0.1, 0.15) is 12.7 Å². The molecular weight excluding hydrogens is 132 g/mol. The summed E-state index contributed by atoms with van der Waals surface area (Å²) in [4.78, 5) is 13.7. The van der Waals surface area contributed by atoms with E-state index in [1.54, 1.807) is 0 Å². The highest BCUT2D eigenvalue weighted by Crippen LogP contribution is 2.11. The number of anilines is 1. The lowest BCUT2D eigenvalue weighted by Gasteiger charge is -1.91. The second-order valence-corrected chi connectivity index (χ2v) is 1.74. The van der Waals surface area contributed by atoms with Crippen molar-refractivity contribution in [2.75, 3.05) is 5.32 Å². The van der Waals surface area contributed by atoms with Crippen molar-refractivity contribution in [3.63, 3.8) is 0 Å². The van der Waals surface area contributed by atoms with Gasteiger partial charge >= 0.3 is 0 Å². The Hall–Kier alpha value is -1.32. The Labute approximate surface area is 58.3 Å². The lowest BCUT2D eigenvalue weighted by atomic mass is 10.4. The minimum absolute atomic E-state index is 0.512. The maximum Gasteiger partial charge on any atom is 0.212 e. The first-order valence-corrected chi connectivity index (χ1v) is 3.01. The fourth-order valence-electron chi connectivity index (χ4n) is 0.695. The minimum Gasteiger partial charge on any atom is -0.446 e. The lowest BCUT2D eigenvalue weighted by molar-refractivity contribution is -0.105. The number of amides is 1. The van der Waals surface area contributed by atoms with Crippen LogP contribution >= 0.6 is 0 Å². The molecule has 1 rings (SSSR count). The van der Waals surface area contributed by atoms with Gasteiger partial charge in [0.1, 0.15) is 5.76 Å². The Morgan fingerprint density at radius 2 is 2.70 bits per heavy atom. The van der Waals surface area contributed by atoms with Crippen molar-refractivity contribution in [3.8, 4) is 0 Å². The molecular formula is C6H8N2O2. The number of nitrogens with zero attached hydrogens (tertiary/aromatic N) is 1. The second-order valence-electron chi connectivity index (χ2n) is 1.74. The van der Waals surface area contributed by atoms with Crippen LogP contribution in [0.5, 0.6) is 0 Å². The van der Waals surface area contributed by atoms with Crippen molar-refractivity contribution >= 4 is 12.2 Å². The van der Waals surface area contributed by atoms with Gasteiger partial charge in [-0.15, -0.1) is 0 Å².